The van der Waals surface area contributed by atoms with Gasteiger partial charge in [0.05, 0.1) is 41.3 Å². The zero-order valence-electron chi connectivity index (χ0n) is 19.5. The van der Waals surface area contributed by atoms with Gasteiger partial charge in [-0.05, 0) is 38.3 Å². The molecule has 3 aromatic heterocycles. The van der Waals surface area contributed by atoms with Crippen LogP contribution in [0.3, 0.4) is 0 Å². The Balaban J connectivity index is 1.47. The second-order valence-corrected chi connectivity index (χ2v) is 10.7. The molecule has 0 unspecified atom stereocenters. The lowest BCUT2D eigenvalue weighted by Gasteiger charge is -2.33. The average Bonchev–Trinajstić information content (AvgIpc) is 3.15. The zero-order valence-corrected chi connectivity index (χ0v) is 20.3. The fourth-order valence-corrected chi connectivity index (χ4v) is 5.90. The SMILES string of the molecule is CC(C)c1nc2sc3c(NCCCN4CCOCC4)ncnc3c2c2c1COC(C)(C)C2. The second kappa shape index (κ2) is 8.82. The first kappa shape index (κ1) is 21.9. The highest BCUT2D eigenvalue weighted by Crippen LogP contribution is 2.43. The molecule has 2 aliphatic rings. The largest absolute Gasteiger partial charge is 0.379 e. The third kappa shape index (κ3) is 4.21. The van der Waals surface area contributed by atoms with E-state index in [0.717, 1.165) is 78.8 Å². The van der Waals surface area contributed by atoms with Crippen LogP contribution in [-0.2, 0) is 22.5 Å². The Morgan fingerprint density at radius 3 is 2.78 bits per heavy atom. The summed E-state index contributed by atoms with van der Waals surface area (Å²) in [5.41, 5.74) is 4.61. The Bertz CT molecular complexity index is 1120. The maximum absolute atomic E-state index is 6.17. The van der Waals surface area contributed by atoms with E-state index in [1.54, 1.807) is 17.7 Å². The van der Waals surface area contributed by atoms with Gasteiger partial charge in [-0.25, -0.2) is 15.0 Å². The van der Waals surface area contributed by atoms with E-state index in [1.807, 2.05) is 0 Å². The summed E-state index contributed by atoms with van der Waals surface area (Å²) < 4.78 is 12.7. The van der Waals surface area contributed by atoms with Crippen molar-refractivity contribution < 1.29 is 9.47 Å². The van der Waals surface area contributed by atoms with Crippen molar-refractivity contribution in [3.8, 4) is 0 Å². The van der Waals surface area contributed by atoms with E-state index in [0.29, 0.717) is 12.5 Å². The number of nitrogens with one attached hydrogen (secondary N) is 1. The predicted molar refractivity (Wildman–Crippen MR) is 130 cm³/mol. The fourth-order valence-electron chi connectivity index (χ4n) is 4.77. The molecule has 0 aliphatic carbocycles. The molecule has 0 bridgehead atoms. The summed E-state index contributed by atoms with van der Waals surface area (Å²) in [5.74, 6) is 1.28. The number of hydrogen-bond acceptors (Lipinski definition) is 8. The van der Waals surface area contributed by atoms with Crippen LogP contribution in [0, 0.1) is 0 Å². The van der Waals surface area contributed by atoms with Crippen molar-refractivity contribution in [3.63, 3.8) is 0 Å². The molecule has 2 aliphatic heterocycles. The van der Waals surface area contributed by atoms with Gasteiger partial charge in [-0.3, -0.25) is 4.90 Å². The van der Waals surface area contributed by atoms with Crippen molar-refractivity contribution in [1.82, 2.24) is 19.9 Å². The molecule has 7 nitrogen and oxygen atoms in total. The van der Waals surface area contributed by atoms with Crippen LogP contribution < -0.4 is 5.32 Å². The number of thiophene rings is 1. The number of morpholine rings is 1. The Morgan fingerprint density at radius 2 is 2.00 bits per heavy atom. The van der Waals surface area contributed by atoms with Crippen molar-refractivity contribution >= 4 is 37.6 Å². The van der Waals surface area contributed by atoms with Gasteiger partial charge in [-0.1, -0.05) is 13.8 Å². The second-order valence-electron chi connectivity index (χ2n) is 9.75. The van der Waals surface area contributed by atoms with E-state index in [4.69, 9.17) is 19.4 Å². The number of fused-ring (bicyclic) bond motifs is 5. The highest BCUT2D eigenvalue weighted by atomic mass is 32.1. The van der Waals surface area contributed by atoms with Crippen LogP contribution in [0.15, 0.2) is 6.33 Å². The number of aromatic nitrogens is 3. The Kier molecular flexibility index (Phi) is 6.05. The summed E-state index contributed by atoms with van der Waals surface area (Å²) in [6.07, 6.45) is 3.64. The number of rotatable bonds is 6. The van der Waals surface area contributed by atoms with E-state index >= 15 is 0 Å². The molecular formula is C24H33N5O2S. The standard InChI is InChI=1S/C24H33N5O2S/c1-15(2)19-17-13-31-24(3,4)12-16(17)18-20-21(32-23(18)28-19)22(27-14-26-20)25-6-5-7-29-8-10-30-11-9-29/h14-15H,5-13H2,1-4H3,(H,25,26,27). The molecule has 8 heteroatoms. The molecule has 32 heavy (non-hydrogen) atoms. The summed E-state index contributed by atoms with van der Waals surface area (Å²) in [6, 6.07) is 0. The van der Waals surface area contributed by atoms with Crippen molar-refractivity contribution in [2.75, 3.05) is 44.7 Å². The predicted octanol–water partition coefficient (Wildman–Crippen LogP) is 4.35. The summed E-state index contributed by atoms with van der Waals surface area (Å²) in [7, 11) is 0. The molecule has 0 saturated carbocycles. The van der Waals surface area contributed by atoms with Gasteiger partial charge in [-0.15, -0.1) is 11.3 Å². The number of anilines is 1. The molecule has 0 radical (unpaired) electrons. The van der Waals surface area contributed by atoms with Gasteiger partial charge >= 0.3 is 0 Å². The fraction of sp³-hybridized carbons (Fsp3) is 0.625. The van der Waals surface area contributed by atoms with E-state index in [2.05, 4.69) is 42.9 Å². The molecule has 0 amide bonds. The number of nitrogens with zero attached hydrogens (tertiary/aromatic N) is 4. The number of ether oxygens (including phenoxy) is 2. The molecule has 5 rings (SSSR count). The monoisotopic (exact) mass is 455 g/mol. The van der Waals surface area contributed by atoms with Crippen LogP contribution in [0.25, 0.3) is 20.4 Å². The summed E-state index contributed by atoms with van der Waals surface area (Å²) in [4.78, 5) is 17.9. The van der Waals surface area contributed by atoms with Crippen molar-refractivity contribution in [2.24, 2.45) is 0 Å². The molecule has 0 spiro atoms. The van der Waals surface area contributed by atoms with Crippen LogP contribution in [0.4, 0.5) is 5.82 Å². The van der Waals surface area contributed by atoms with E-state index in [-0.39, 0.29) is 5.60 Å². The third-order valence-corrected chi connectivity index (χ3v) is 7.53. The molecule has 0 aromatic carbocycles. The van der Waals surface area contributed by atoms with Gasteiger partial charge in [0.15, 0.2) is 0 Å². The van der Waals surface area contributed by atoms with Gasteiger partial charge in [-0.2, -0.15) is 0 Å². The zero-order chi connectivity index (χ0) is 22.3. The Hall–Kier alpha value is -1.87. The van der Waals surface area contributed by atoms with Crippen LogP contribution >= 0.6 is 11.3 Å². The molecule has 1 N–H and O–H groups in total. The van der Waals surface area contributed by atoms with Crippen molar-refractivity contribution in [3.05, 3.63) is 23.1 Å². The molecular weight excluding hydrogens is 422 g/mol. The highest BCUT2D eigenvalue weighted by Gasteiger charge is 2.32. The molecule has 3 aromatic rings. The first-order chi connectivity index (χ1) is 15.4. The Labute approximate surface area is 193 Å². The lowest BCUT2D eigenvalue weighted by Crippen LogP contribution is -2.37. The molecule has 172 valence electrons. The first-order valence-electron chi connectivity index (χ1n) is 11.7. The van der Waals surface area contributed by atoms with Crippen molar-refractivity contribution in [2.45, 2.75) is 58.7 Å². The average molecular weight is 456 g/mol. The van der Waals surface area contributed by atoms with E-state index in [9.17, 15) is 0 Å². The van der Waals surface area contributed by atoms with Crippen LogP contribution in [-0.4, -0.2) is 64.8 Å². The maximum atomic E-state index is 6.17. The third-order valence-electron chi connectivity index (χ3n) is 6.45. The van der Waals surface area contributed by atoms with Gasteiger partial charge in [0, 0.05) is 37.0 Å². The Morgan fingerprint density at radius 1 is 1.19 bits per heavy atom. The summed E-state index contributed by atoms with van der Waals surface area (Å²) >= 11 is 1.71. The van der Waals surface area contributed by atoms with Gasteiger partial charge < -0.3 is 14.8 Å². The van der Waals surface area contributed by atoms with Gasteiger partial charge in [0.25, 0.3) is 0 Å². The maximum Gasteiger partial charge on any atom is 0.147 e. The van der Waals surface area contributed by atoms with Crippen molar-refractivity contribution in [1.29, 1.82) is 0 Å². The van der Waals surface area contributed by atoms with E-state index < -0.39 is 0 Å². The minimum absolute atomic E-state index is 0.183. The molecule has 5 heterocycles. The topological polar surface area (TPSA) is 72.4 Å². The quantitative estimate of drug-likeness (QED) is 0.554. The normalized spacial score (nSPS) is 19.0. The van der Waals surface area contributed by atoms with Crippen LogP contribution in [0.2, 0.25) is 0 Å². The van der Waals surface area contributed by atoms with Gasteiger partial charge in [0.1, 0.15) is 17.0 Å². The lowest BCUT2D eigenvalue weighted by molar-refractivity contribution is -0.0402. The summed E-state index contributed by atoms with van der Waals surface area (Å²) in [5, 5.41) is 4.76. The summed E-state index contributed by atoms with van der Waals surface area (Å²) in [6.45, 7) is 15.1. The molecule has 1 fully saturated rings. The lowest BCUT2D eigenvalue weighted by atomic mass is 9.87. The van der Waals surface area contributed by atoms with E-state index in [1.165, 1.54) is 16.5 Å². The van der Waals surface area contributed by atoms with Crippen LogP contribution in [0.5, 0.6) is 0 Å². The minimum Gasteiger partial charge on any atom is -0.379 e. The van der Waals surface area contributed by atoms with Crippen LogP contribution in [0.1, 0.15) is 56.9 Å². The number of pyridine rings is 1. The highest BCUT2D eigenvalue weighted by molar-refractivity contribution is 7.26. The van der Waals surface area contributed by atoms with Gasteiger partial charge in [0.2, 0.25) is 0 Å². The molecule has 0 atom stereocenters. The number of hydrogen-bond donors (Lipinski definition) is 1. The smallest absolute Gasteiger partial charge is 0.147 e. The first-order valence-corrected chi connectivity index (χ1v) is 12.5. The minimum atomic E-state index is -0.183. The molecule has 1 saturated heterocycles.